The molecule has 2 saturated heterocycles. The second-order valence-corrected chi connectivity index (χ2v) is 15.2. The van der Waals surface area contributed by atoms with E-state index in [2.05, 4.69) is 28.4 Å². The van der Waals surface area contributed by atoms with Crippen LogP contribution in [0.2, 0.25) is 0 Å². The van der Waals surface area contributed by atoms with E-state index in [4.69, 9.17) is 4.74 Å². The number of nitrogens with one attached hydrogen (secondary N) is 4. The highest BCUT2D eigenvalue weighted by atomic mass is 16.6. The van der Waals surface area contributed by atoms with Gasteiger partial charge in [0.25, 0.3) is 0 Å². The van der Waals surface area contributed by atoms with Gasteiger partial charge in [0.2, 0.25) is 11.8 Å². The molecular weight excluding hydrogens is 588 g/mol. The van der Waals surface area contributed by atoms with Crippen LogP contribution in [0, 0.1) is 11.8 Å². The normalized spacial score (nSPS) is 35.7. The fourth-order valence-corrected chi connectivity index (χ4v) is 7.95. The number of fused-ring (bicyclic) bond motifs is 2. The minimum Gasteiger partial charge on any atom is -0.479 e. The van der Waals surface area contributed by atoms with Crippen LogP contribution in [0.4, 0.5) is 4.79 Å². The Labute approximate surface area is 273 Å². The molecule has 5 N–H and O–H groups in total. The molecule has 12 heteroatoms. The van der Waals surface area contributed by atoms with E-state index in [1.54, 1.807) is 25.7 Å². The fourth-order valence-electron chi connectivity index (χ4n) is 7.95. The highest BCUT2D eigenvalue weighted by Gasteiger charge is 2.61. The smallest absolute Gasteiger partial charge is 0.408 e. The van der Waals surface area contributed by atoms with E-state index in [0.29, 0.717) is 31.6 Å². The van der Waals surface area contributed by atoms with Crippen LogP contribution >= 0.6 is 0 Å². The van der Waals surface area contributed by atoms with Crippen molar-refractivity contribution in [3.8, 4) is 0 Å². The van der Waals surface area contributed by atoms with E-state index >= 15 is 0 Å². The lowest BCUT2D eigenvalue weighted by molar-refractivity contribution is -0.145. The molecule has 0 aromatic carbocycles. The van der Waals surface area contributed by atoms with E-state index in [1.165, 1.54) is 32.1 Å². The molecule has 0 spiro atoms. The molecule has 4 fully saturated rings. The highest BCUT2D eigenvalue weighted by molar-refractivity contribution is 5.96. The molecule has 2 aliphatic carbocycles. The van der Waals surface area contributed by atoms with E-state index in [-0.39, 0.29) is 36.5 Å². The summed E-state index contributed by atoms with van der Waals surface area (Å²) in [5.74, 6) is -1.58. The molecule has 5 aliphatic rings. The van der Waals surface area contributed by atoms with Gasteiger partial charge in [0, 0.05) is 24.5 Å². The second kappa shape index (κ2) is 14.6. The molecule has 0 aromatic heterocycles. The molecule has 12 nitrogen and oxygen atoms in total. The molecule has 0 radical (unpaired) electrons. The van der Waals surface area contributed by atoms with Crippen molar-refractivity contribution in [1.82, 2.24) is 31.5 Å². The number of carboxylic acids is 1. The first-order chi connectivity index (χ1) is 21.9. The van der Waals surface area contributed by atoms with Crippen molar-refractivity contribution in [3.63, 3.8) is 0 Å². The lowest BCUT2D eigenvalue weighted by atomic mass is 9.81. The number of amides is 3. The number of rotatable bonds is 6. The van der Waals surface area contributed by atoms with Crippen LogP contribution in [-0.2, 0) is 19.1 Å². The number of allylic oxidation sites excluding steroid dienone is 1. The lowest BCUT2D eigenvalue weighted by Crippen LogP contribution is -2.56. The average molecular weight is 645 g/mol. The summed E-state index contributed by atoms with van der Waals surface area (Å²) >= 11 is 0. The number of carboxylic acid groups (broad SMARTS) is 1. The van der Waals surface area contributed by atoms with Crippen molar-refractivity contribution in [2.75, 3.05) is 6.54 Å². The van der Waals surface area contributed by atoms with Crippen LogP contribution in [-0.4, -0.2) is 86.9 Å². The van der Waals surface area contributed by atoms with Gasteiger partial charge in [-0.25, -0.2) is 20.4 Å². The Morgan fingerprint density at radius 3 is 2.48 bits per heavy atom. The van der Waals surface area contributed by atoms with Crippen LogP contribution in [0.3, 0.4) is 0 Å². The Hall–Kier alpha value is -2.70. The van der Waals surface area contributed by atoms with Crippen molar-refractivity contribution >= 4 is 23.9 Å². The first-order valence-corrected chi connectivity index (χ1v) is 17.8. The van der Waals surface area contributed by atoms with Crippen LogP contribution in [0.15, 0.2) is 12.2 Å². The van der Waals surface area contributed by atoms with Crippen molar-refractivity contribution in [2.24, 2.45) is 11.8 Å². The Kier molecular flexibility index (Phi) is 11.0. The van der Waals surface area contributed by atoms with Gasteiger partial charge in [0.15, 0.2) is 0 Å². The van der Waals surface area contributed by atoms with Crippen LogP contribution in [0.25, 0.3) is 0 Å². The minimum atomic E-state index is -1.36. The highest BCUT2D eigenvalue weighted by Crippen LogP contribution is 2.45. The predicted molar refractivity (Wildman–Crippen MR) is 173 cm³/mol. The van der Waals surface area contributed by atoms with Crippen molar-refractivity contribution in [2.45, 2.75) is 159 Å². The summed E-state index contributed by atoms with van der Waals surface area (Å²) in [5, 5.41) is 17.9. The molecule has 0 aromatic rings. The standard InChI is InChI=1S/C34H56N6O6/c1-5-14-25-28(22-15-10-9-11-16-22)38-40(37-25)24-19-27-29(41)36-34(31(43)44)20-23(34)17-12-7-6-8-13-18-26(30(42)39(27)21-24)35-32(45)46-33(2,3)4/h12,17,22-28,37-38H,5-11,13-16,18-21H2,1-4H3,(H,35,45)(H,36,41)(H,43,44)/b17-12-/t23-,24+,25?,26+,27+,28?,34-/m1/s1. The Morgan fingerprint density at radius 1 is 1.07 bits per heavy atom. The number of hydrogen-bond donors (Lipinski definition) is 5. The van der Waals surface area contributed by atoms with Gasteiger partial charge in [-0.2, -0.15) is 5.12 Å². The third-order valence-electron chi connectivity index (χ3n) is 10.5. The summed E-state index contributed by atoms with van der Waals surface area (Å²) in [5.41, 5.74) is 5.34. The number of carbonyl (C=O) groups excluding carboxylic acids is 3. The summed E-state index contributed by atoms with van der Waals surface area (Å²) in [6, 6.07) is -1.43. The molecule has 3 aliphatic heterocycles. The third-order valence-corrected chi connectivity index (χ3v) is 10.5. The largest absolute Gasteiger partial charge is 0.479 e. The monoisotopic (exact) mass is 644 g/mol. The maximum atomic E-state index is 14.3. The zero-order valence-electron chi connectivity index (χ0n) is 28.2. The van der Waals surface area contributed by atoms with Gasteiger partial charge >= 0.3 is 12.1 Å². The predicted octanol–water partition coefficient (Wildman–Crippen LogP) is 3.77. The number of nitrogens with zero attached hydrogens (tertiary/aromatic N) is 2. The summed E-state index contributed by atoms with van der Waals surface area (Å²) in [4.78, 5) is 55.3. The zero-order chi connectivity index (χ0) is 33.1. The van der Waals surface area contributed by atoms with Gasteiger partial charge in [-0.1, -0.05) is 57.6 Å². The quantitative estimate of drug-likeness (QED) is 0.272. The summed E-state index contributed by atoms with van der Waals surface area (Å²) in [6.07, 6.45) is 15.8. The molecule has 2 unspecified atom stereocenters. The summed E-state index contributed by atoms with van der Waals surface area (Å²) in [6.45, 7) is 7.78. The minimum absolute atomic E-state index is 0.218. The number of ether oxygens (including phenoxy) is 1. The first kappa shape index (κ1) is 34.6. The average Bonchev–Trinajstić information content (AvgIpc) is 3.31. The molecule has 2 saturated carbocycles. The fraction of sp³-hybridized carbons (Fsp3) is 0.824. The van der Waals surface area contributed by atoms with Crippen molar-refractivity contribution < 1.29 is 29.0 Å². The molecular formula is C34H56N6O6. The van der Waals surface area contributed by atoms with Crippen LogP contribution < -0.4 is 21.5 Å². The lowest BCUT2D eigenvalue weighted by Gasteiger charge is -2.31. The van der Waals surface area contributed by atoms with E-state index in [1.807, 2.05) is 17.3 Å². The van der Waals surface area contributed by atoms with Gasteiger partial charge in [0.05, 0.1) is 6.04 Å². The van der Waals surface area contributed by atoms with Gasteiger partial charge < -0.3 is 25.4 Å². The van der Waals surface area contributed by atoms with Crippen LogP contribution in [0.5, 0.6) is 0 Å². The van der Waals surface area contributed by atoms with Gasteiger partial charge in [-0.15, -0.1) is 0 Å². The van der Waals surface area contributed by atoms with E-state index in [0.717, 1.165) is 32.1 Å². The van der Waals surface area contributed by atoms with Gasteiger partial charge in [-0.05, 0) is 78.1 Å². The molecule has 5 rings (SSSR count). The zero-order valence-corrected chi connectivity index (χ0v) is 28.2. The Balaban J connectivity index is 1.40. The molecule has 258 valence electrons. The third kappa shape index (κ3) is 8.05. The molecule has 7 atom stereocenters. The Morgan fingerprint density at radius 2 is 1.78 bits per heavy atom. The number of hydrazine groups is 2. The topological polar surface area (TPSA) is 152 Å². The number of carbonyl (C=O) groups is 4. The number of hydrogen-bond acceptors (Lipinski definition) is 8. The second-order valence-electron chi connectivity index (χ2n) is 15.2. The summed E-state index contributed by atoms with van der Waals surface area (Å²) in [7, 11) is 0. The van der Waals surface area contributed by atoms with Crippen LogP contribution in [0.1, 0.15) is 118 Å². The molecule has 0 bridgehead atoms. The van der Waals surface area contributed by atoms with Gasteiger partial charge in [-0.3, -0.25) is 9.59 Å². The molecule has 3 amide bonds. The maximum absolute atomic E-state index is 14.3. The molecule has 46 heavy (non-hydrogen) atoms. The summed E-state index contributed by atoms with van der Waals surface area (Å²) < 4.78 is 5.51. The molecule has 3 heterocycles. The number of aliphatic carboxylic acids is 1. The van der Waals surface area contributed by atoms with Crippen molar-refractivity contribution in [3.05, 3.63) is 12.2 Å². The Bertz CT molecular complexity index is 1150. The maximum Gasteiger partial charge on any atom is 0.408 e. The SMILES string of the molecule is CCCC1NN([C@H]2C[C@H]3C(=O)N[C@]4(C(=O)O)C[C@H]4/C=C\CCCCC[C@H](NC(=O)OC(C)(C)C)C(=O)N3C2)NC1C1CCCCC1. The van der Waals surface area contributed by atoms with Crippen molar-refractivity contribution in [1.29, 1.82) is 0 Å². The van der Waals surface area contributed by atoms with E-state index in [9.17, 15) is 24.3 Å². The van der Waals surface area contributed by atoms with Gasteiger partial charge in [0.1, 0.15) is 23.2 Å². The first-order valence-electron chi connectivity index (χ1n) is 17.8. The number of alkyl carbamates (subject to hydrolysis) is 1. The van der Waals surface area contributed by atoms with E-state index < -0.39 is 41.2 Å².